The van der Waals surface area contributed by atoms with Gasteiger partial charge in [-0.25, -0.2) is 9.59 Å². The van der Waals surface area contributed by atoms with Crippen LogP contribution in [0, 0.1) is 0 Å². The lowest BCUT2D eigenvalue weighted by molar-refractivity contribution is -0.157. The van der Waals surface area contributed by atoms with E-state index in [1.54, 1.807) is 26.8 Å². The molecule has 200 valence electrons. The summed E-state index contributed by atoms with van der Waals surface area (Å²) in [5, 5.41) is 5.29. The summed E-state index contributed by atoms with van der Waals surface area (Å²) in [5.74, 6) is -1.00. The number of ether oxygens (including phenoxy) is 1. The number of fused-ring (bicyclic) bond motifs is 1. The molecule has 0 bridgehead atoms. The topological polar surface area (TPSA) is 154 Å². The molecule has 2 aromatic carbocycles. The van der Waals surface area contributed by atoms with Crippen LogP contribution in [0.15, 0.2) is 48.5 Å². The largest absolute Gasteiger partial charge is 0.458 e. The fourth-order valence-electron chi connectivity index (χ4n) is 4.06. The van der Waals surface area contributed by atoms with Crippen molar-refractivity contribution >= 4 is 33.9 Å². The smallest absolute Gasteiger partial charge is 0.357 e. The number of amides is 3. The summed E-state index contributed by atoms with van der Waals surface area (Å²) in [5.41, 5.74) is 1.47. The van der Waals surface area contributed by atoms with Crippen molar-refractivity contribution in [2.24, 2.45) is 0 Å². The van der Waals surface area contributed by atoms with Crippen molar-refractivity contribution in [2.45, 2.75) is 57.8 Å². The maximum absolute atomic E-state index is 13.5. The lowest BCUT2D eigenvalue weighted by Crippen LogP contribution is -2.57. The Morgan fingerprint density at radius 3 is 2.38 bits per heavy atom. The van der Waals surface area contributed by atoms with Gasteiger partial charge in [-0.3, -0.25) is 14.1 Å². The van der Waals surface area contributed by atoms with Gasteiger partial charge >= 0.3 is 22.3 Å². The third-order valence-electron chi connectivity index (χ3n) is 5.66. The normalized spacial score (nSPS) is 16.2. The van der Waals surface area contributed by atoms with Crippen molar-refractivity contribution in [2.75, 3.05) is 11.8 Å². The van der Waals surface area contributed by atoms with Crippen LogP contribution < -0.4 is 15.4 Å². The van der Waals surface area contributed by atoms with Crippen LogP contribution in [0.5, 0.6) is 0 Å². The second-order valence-electron chi connectivity index (χ2n) is 9.75. The average Bonchev–Trinajstić information content (AvgIpc) is 2.80. The van der Waals surface area contributed by atoms with Gasteiger partial charge in [-0.2, -0.15) is 8.42 Å². The highest BCUT2D eigenvalue weighted by molar-refractivity contribution is 7.87. The van der Waals surface area contributed by atoms with Crippen LogP contribution in [0.4, 0.5) is 10.5 Å². The molecule has 0 spiro atoms. The standard InChI is InChI=1S/C25H32N4O7S/c1-25(2,3)36-23(31)20(12-16-8-6-5-7-9-16)27-24(32)29-15-18-13-19(28-37(33,34)35)11-10-17(18)14-21(29)22(30)26-4/h5-11,13,20-21,28H,12,14-15H2,1-4H3,(H,26,30)(H,27,32)(H,33,34,35)/t20-,21-/m0/s1. The molecule has 1 aliphatic rings. The van der Waals surface area contributed by atoms with Gasteiger partial charge in [0.25, 0.3) is 0 Å². The number of urea groups is 1. The van der Waals surface area contributed by atoms with E-state index in [1.807, 2.05) is 35.1 Å². The van der Waals surface area contributed by atoms with Gasteiger partial charge in [0.2, 0.25) is 5.91 Å². The summed E-state index contributed by atoms with van der Waals surface area (Å²) in [7, 11) is -3.03. The molecular formula is C25H32N4O7S. The number of likely N-dealkylation sites (N-methyl/N-ethyl adjacent to an activating group) is 1. The molecule has 0 aromatic heterocycles. The third kappa shape index (κ3) is 7.92. The first kappa shape index (κ1) is 27.9. The summed E-state index contributed by atoms with van der Waals surface area (Å²) in [6.45, 7) is 5.15. The maximum atomic E-state index is 13.5. The number of nitrogens with one attached hydrogen (secondary N) is 3. The van der Waals surface area contributed by atoms with Gasteiger partial charge in [-0.05, 0) is 49.6 Å². The number of nitrogens with zero attached hydrogens (tertiary/aromatic N) is 1. The quantitative estimate of drug-likeness (QED) is 0.314. The summed E-state index contributed by atoms with van der Waals surface area (Å²) >= 11 is 0. The first-order valence-corrected chi connectivity index (χ1v) is 13.1. The lowest BCUT2D eigenvalue weighted by atomic mass is 9.93. The SMILES string of the molecule is CNC(=O)[C@@H]1Cc2ccc(NS(=O)(=O)O)cc2CN1C(=O)N[C@@H](Cc1ccccc1)C(=O)OC(C)(C)C. The third-order valence-corrected chi connectivity index (χ3v) is 6.16. The van der Waals surface area contributed by atoms with Crippen molar-refractivity contribution < 1.29 is 32.1 Å². The highest BCUT2D eigenvalue weighted by Crippen LogP contribution is 2.27. The molecular weight excluding hydrogens is 500 g/mol. The van der Waals surface area contributed by atoms with Crippen LogP contribution in [-0.2, 0) is 44.0 Å². The van der Waals surface area contributed by atoms with E-state index >= 15 is 0 Å². The number of benzene rings is 2. The van der Waals surface area contributed by atoms with Crippen LogP contribution in [0.25, 0.3) is 0 Å². The van der Waals surface area contributed by atoms with E-state index in [2.05, 4.69) is 10.6 Å². The van der Waals surface area contributed by atoms with E-state index in [4.69, 9.17) is 9.29 Å². The zero-order chi connectivity index (χ0) is 27.4. The second-order valence-corrected chi connectivity index (χ2v) is 10.9. The van der Waals surface area contributed by atoms with Gasteiger partial charge < -0.3 is 20.3 Å². The predicted octanol–water partition coefficient (Wildman–Crippen LogP) is 2.04. The molecule has 1 aliphatic heterocycles. The Bertz CT molecular complexity index is 1260. The minimum absolute atomic E-state index is 0.0351. The van der Waals surface area contributed by atoms with Crippen LogP contribution in [0.1, 0.15) is 37.5 Å². The molecule has 0 radical (unpaired) electrons. The monoisotopic (exact) mass is 532 g/mol. The molecule has 4 N–H and O–H groups in total. The molecule has 0 aliphatic carbocycles. The Hall–Kier alpha value is -3.64. The van der Waals surface area contributed by atoms with Gasteiger partial charge in [-0.1, -0.05) is 36.4 Å². The molecule has 0 saturated heterocycles. The summed E-state index contributed by atoms with van der Waals surface area (Å²) < 4.78 is 39.1. The number of esters is 1. The fraction of sp³-hybridized carbons (Fsp3) is 0.400. The summed E-state index contributed by atoms with van der Waals surface area (Å²) in [4.78, 5) is 40.5. The molecule has 0 fully saturated rings. The molecule has 0 unspecified atom stereocenters. The number of hydrogen-bond donors (Lipinski definition) is 4. The molecule has 1 heterocycles. The first-order valence-electron chi connectivity index (χ1n) is 11.7. The van der Waals surface area contributed by atoms with Gasteiger partial charge in [0.05, 0.1) is 5.69 Å². The van der Waals surface area contributed by atoms with Crippen molar-refractivity contribution in [1.82, 2.24) is 15.5 Å². The first-order chi connectivity index (χ1) is 17.3. The Morgan fingerprint density at radius 2 is 1.78 bits per heavy atom. The summed E-state index contributed by atoms with van der Waals surface area (Å²) in [6.07, 6.45) is 0.351. The number of hydrogen-bond acceptors (Lipinski definition) is 6. The Kier molecular flexibility index (Phi) is 8.44. The number of carbonyl (C=O) groups is 3. The Morgan fingerprint density at radius 1 is 1.11 bits per heavy atom. The average molecular weight is 533 g/mol. The molecule has 11 nitrogen and oxygen atoms in total. The molecule has 3 rings (SSSR count). The number of rotatable bonds is 7. The van der Waals surface area contributed by atoms with E-state index in [1.165, 1.54) is 24.1 Å². The van der Waals surface area contributed by atoms with Crippen LogP contribution >= 0.6 is 0 Å². The predicted molar refractivity (Wildman–Crippen MR) is 137 cm³/mol. The van der Waals surface area contributed by atoms with Crippen LogP contribution in [0.3, 0.4) is 0 Å². The fourth-order valence-corrected chi connectivity index (χ4v) is 4.48. The molecule has 37 heavy (non-hydrogen) atoms. The van der Waals surface area contributed by atoms with E-state index < -0.39 is 45.9 Å². The minimum Gasteiger partial charge on any atom is -0.458 e. The zero-order valence-corrected chi connectivity index (χ0v) is 22.0. The van der Waals surface area contributed by atoms with E-state index in [0.29, 0.717) is 5.56 Å². The van der Waals surface area contributed by atoms with Crippen LogP contribution in [-0.4, -0.2) is 60.5 Å². The maximum Gasteiger partial charge on any atom is 0.357 e. The highest BCUT2D eigenvalue weighted by atomic mass is 32.2. The Balaban J connectivity index is 1.89. The van der Waals surface area contributed by atoms with Crippen molar-refractivity contribution in [3.05, 3.63) is 65.2 Å². The van der Waals surface area contributed by atoms with E-state index in [9.17, 15) is 22.8 Å². The van der Waals surface area contributed by atoms with Crippen LogP contribution in [0.2, 0.25) is 0 Å². The van der Waals surface area contributed by atoms with Crippen molar-refractivity contribution in [3.63, 3.8) is 0 Å². The number of anilines is 1. The van der Waals surface area contributed by atoms with Gasteiger partial charge in [0, 0.05) is 26.4 Å². The van der Waals surface area contributed by atoms with Gasteiger partial charge in [-0.15, -0.1) is 0 Å². The molecule has 0 saturated carbocycles. The van der Waals surface area contributed by atoms with Crippen molar-refractivity contribution in [3.8, 4) is 0 Å². The van der Waals surface area contributed by atoms with Crippen molar-refractivity contribution in [1.29, 1.82) is 0 Å². The van der Waals surface area contributed by atoms with E-state index in [0.717, 1.165) is 11.1 Å². The highest BCUT2D eigenvalue weighted by Gasteiger charge is 2.37. The number of carbonyl (C=O) groups excluding carboxylic acids is 3. The molecule has 2 atom stereocenters. The molecule has 3 amide bonds. The van der Waals surface area contributed by atoms with E-state index in [-0.39, 0.29) is 25.1 Å². The minimum atomic E-state index is -4.49. The van der Waals surface area contributed by atoms with Gasteiger partial charge in [0.15, 0.2) is 0 Å². The second kappa shape index (κ2) is 11.2. The zero-order valence-electron chi connectivity index (χ0n) is 21.1. The lowest BCUT2D eigenvalue weighted by Gasteiger charge is -2.37. The molecule has 2 aromatic rings. The molecule has 12 heteroatoms. The van der Waals surface area contributed by atoms with Gasteiger partial charge in [0.1, 0.15) is 17.7 Å². The summed E-state index contributed by atoms with van der Waals surface area (Å²) in [6, 6.07) is 11.2. The Labute approximate surface area is 216 Å².